The summed E-state index contributed by atoms with van der Waals surface area (Å²) >= 11 is 0. The van der Waals surface area contributed by atoms with Crippen LogP contribution in [0.2, 0.25) is 0 Å². The number of aryl methyl sites for hydroxylation is 1. The lowest BCUT2D eigenvalue weighted by atomic mass is 10.0. The van der Waals surface area contributed by atoms with Crippen molar-refractivity contribution in [3.63, 3.8) is 0 Å². The number of nitrogens with one attached hydrogen (secondary N) is 1. The molecule has 10 heteroatoms. The molecule has 0 aliphatic heterocycles. The largest absolute Gasteiger partial charge is 0.350 e. The van der Waals surface area contributed by atoms with E-state index in [-0.39, 0.29) is 24.6 Å². The molecule has 3 rings (SSSR count). The normalized spacial score (nSPS) is 12.6. The standard InChI is InChI=1S/C31H39FN4O4S/c1-23-16-18-25(19-17-23)21-35(28(30(38)33-31(2,3)4)20-24-12-8-7-9-13-24)29(37)22-36(41(39,40)34(5)6)27-15-11-10-14-26(27)32/h7-19,28H,20-22H2,1-6H3,(H,33,38). The van der Waals surface area contributed by atoms with Crippen molar-refractivity contribution in [2.75, 3.05) is 24.9 Å². The zero-order chi connectivity index (χ0) is 30.4. The van der Waals surface area contributed by atoms with E-state index in [2.05, 4.69) is 5.32 Å². The number of hydrogen-bond acceptors (Lipinski definition) is 4. The number of rotatable bonds is 11. The van der Waals surface area contributed by atoms with Gasteiger partial charge in [-0.05, 0) is 51.0 Å². The van der Waals surface area contributed by atoms with E-state index in [4.69, 9.17) is 0 Å². The lowest BCUT2D eigenvalue weighted by molar-refractivity contribution is -0.140. The first-order valence-corrected chi connectivity index (χ1v) is 14.7. The predicted molar refractivity (Wildman–Crippen MR) is 160 cm³/mol. The van der Waals surface area contributed by atoms with Crippen LogP contribution in [0.3, 0.4) is 0 Å². The molecule has 0 fully saturated rings. The molecule has 0 spiro atoms. The van der Waals surface area contributed by atoms with Crippen LogP contribution in [0.5, 0.6) is 0 Å². The molecule has 3 aromatic carbocycles. The predicted octanol–water partition coefficient (Wildman–Crippen LogP) is 4.30. The molecule has 3 aromatic rings. The zero-order valence-electron chi connectivity index (χ0n) is 24.5. The summed E-state index contributed by atoms with van der Waals surface area (Å²) in [5.74, 6) is -1.82. The molecule has 0 aromatic heterocycles. The maximum absolute atomic E-state index is 14.9. The van der Waals surface area contributed by atoms with Gasteiger partial charge in [-0.2, -0.15) is 12.7 Å². The molecule has 1 atom stereocenters. The lowest BCUT2D eigenvalue weighted by Crippen LogP contribution is -2.56. The smallest absolute Gasteiger partial charge is 0.304 e. The van der Waals surface area contributed by atoms with Gasteiger partial charge in [0.15, 0.2) is 0 Å². The van der Waals surface area contributed by atoms with E-state index < -0.39 is 40.1 Å². The minimum atomic E-state index is -4.28. The van der Waals surface area contributed by atoms with Crippen LogP contribution in [0.25, 0.3) is 0 Å². The van der Waals surface area contributed by atoms with Gasteiger partial charge in [-0.3, -0.25) is 9.59 Å². The van der Waals surface area contributed by atoms with E-state index in [1.54, 1.807) is 0 Å². The maximum Gasteiger partial charge on any atom is 0.304 e. The highest BCUT2D eigenvalue weighted by Gasteiger charge is 2.36. The van der Waals surface area contributed by atoms with E-state index in [9.17, 15) is 22.4 Å². The summed E-state index contributed by atoms with van der Waals surface area (Å²) in [5, 5.41) is 2.98. The Balaban J connectivity index is 2.12. The average Bonchev–Trinajstić information content (AvgIpc) is 2.90. The number of benzene rings is 3. The third-order valence-electron chi connectivity index (χ3n) is 6.38. The van der Waals surface area contributed by atoms with Crippen LogP contribution in [0.4, 0.5) is 10.1 Å². The van der Waals surface area contributed by atoms with Gasteiger partial charge in [0.05, 0.1) is 5.69 Å². The number of amides is 2. The van der Waals surface area contributed by atoms with Crippen molar-refractivity contribution in [2.45, 2.75) is 52.2 Å². The number of carbonyl (C=O) groups excluding carboxylic acids is 2. The van der Waals surface area contributed by atoms with E-state index in [0.29, 0.717) is 0 Å². The Labute approximate surface area is 243 Å². The van der Waals surface area contributed by atoms with Gasteiger partial charge in [0.2, 0.25) is 11.8 Å². The molecule has 1 unspecified atom stereocenters. The molecule has 0 aliphatic carbocycles. The zero-order valence-corrected chi connectivity index (χ0v) is 25.3. The van der Waals surface area contributed by atoms with Gasteiger partial charge < -0.3 is 10.2 Å². The second-order valence-corrected chi connectivity index (χ2v) is 13.3. The molecule has 8 nitrogen and oxygen atoms in total. The summed E-state index contributed by atoms with van der Waals surface area (Å²) in [7, 11) is -1.65. The molecule has 0 saturated carbocycles. The number of para-hydroxylation sites is 1. The molecule has 0 aliphatic rings. The van der Waals surface area contributed by atoms with E-state index in [0.717, 1.165) is 31.4 Å². The average molecular weight is 583 g/mol. The number of hydrogen-bond donors (Lipinski definition) is 1. The summed E-state index contributed by atoms with van der Waals surface area (Å²) in [6.07, 6.45) is 0.195. The maximum atomic E-state index is 14.9. The quantitative estimate of drug-likeness (QED) is 0.365. The summed E-state index contributed by atoms with van der Waals surface area (Å²) in [5.41, 5.74) is 1.77. The van der Waals surface area contributed by atoms with Gasteiger partial charge in [-0.25, -0.2) is 8.70 Å². The van der Waals surface area contributed by atoms with Crippen molar-refractivity contribution < 1.29 is 22.4 Å². The van der Waals surface area contributed by atoms with Crippen LogP contribution in [-0.2, 0) is 32.8 Å². The topological polar surface area (TPSA) is 90.0 Å². The van der Waals surface area contributed by atoms with Gasteiger partial charge in [0.25, 0.3) is 0 Å². The summed E-state index contributed by atoms with van der Waals surface area (Å²) in [4.78, 5) is 29.3. The van der Waals surface area contributed by atoms with E-state index in [1.807, 2.05) is 82.3 Å². The highest BCUT2D eigenvalue weighted by atomic mass is 32.2. The van der Waals surface area contributed by atoms with Crippen molar-refractivity contribution in [1.82, 2.24) is 14.5 Å². The molecule has 2 amide bonds. The molecule has 220 valence electrons. The van der Waals surface area contributed by atoms with Gasteiger partial charge in [-0.15, -0.1) is 0 Å². The summed E-state index contributed by atoms with van der Waals surface area (Å²) in [6.45, 7) is 6.82. The van der Waals surface area contributed by atoms with Crippen LogP contribution in [-0.4, -0.2) is 61.7 Å². The van der Waals surface area contributed by atoms with Crippen molar-refractivity contribution >= 4 is 27.7 Å². The Morgan fingerprint density at radius 3 is 2.02 bits per heavy atom. The monoisotopic (exact) mass is 582 g/mol. The Morgan fingerprint density at radius 1 is 0.878 bits per heavy atom. The van der Waals surface area contributed by atoms with Gasteiger partial charge in [-0.1, -0.05) is 72.3 Å². The summed E-state index contributed by atoms with van der Waals surface area (Å²) in [6, 6.07) is 21.2. The minimum Gasteiger partial charge on any atom is -0.350 e. The fraction of sp³-hybridized carbons (Fsp3) is 0.355. The SMILES string of the molecule is Cc1ccc(CN(C(=O)CN(c2ccccc2F)S(=O)(=O)N(C)C)C(Cc2ccccc2)C(=O)NC(C)(C)C)cc1. The Bertz CT molecular complexity index is 1440. The molecular formula is C31H39FN4O4S. The molecule has 0 bridgehead atoms. The Morgan fingerprint density at radius 2 is 1.46 bits per heavy atom. The van der Waals surface area contributed by atoms with Gasteiger partial charge in [0, 0.05) is 32.6 Å². The van der Waals surface area contributed by atoms with Crippen molar-refractivity contribution in [3.8, 4) is 0 Å². The number of halogens is 1. The second-order valence-electron chi connectivity index (χ2n) is 11.2. The van der Waals surface area contributed by atoms with Crippen LogP contribution < -0.4 is 9.62 Å². The molecule has 41 heavy (non-hydrogen) atoms. The van der Waals surface area contributed by atoms with E-state index >= 15 is 0 Å². The first kappa shape index (κ1) is 31.8. The van der Waals surface area contributed by atoms with Gasteiger partial charge >= 0.3 is 10.2 Å². The molecule has 0 heterocycles. The second kappa shape index (κ2) is 13.3. The van der Waals surface area contributed by atoms with Crippen molar-refractivity contribution in [2.24, 2.45) is 0 Å². The number of nitrogens with zero attached hydrogens (tertiary/aromatic N) is 3. The number of carbonyl (C=O) groups is 2. The van der Waals surface area contributed by atoms with Crippen LogP contribution in [0.15, 0.2) is 78.9 Å². The first-order chi connectivity index (χ1) is 19.2. The lowest BCUT2D eigenvalue weighted by Gasteiger charge is -2.35. The molecule has 0 radical (unpaired) electrons. The molecule has 1 N–H and O–H groups in total. The summed E-state index contributed by atoms with van der Waals surface area (Å²) < 4.78 is 43.3. The Hall–Kier alpha value is -3.76. The fourth-order valence-corrected chi connectivity index (χ4v) is 5.32. The number of anilines is 1. The fourth-order valence-electron chi connectivity index (χ4n) is 4.25. The molecule has 0 saturated heterocycles. The van der Waals surface area contributed by atoms with Crippen LogP contribution in [0, 0.1) is 12.7 Å². The first-order valence-electron chi connectivity index (χ1n) is 13.3. The highest BCUT2D eigenvalue weighted by molar-refractivity contribution is 7.90. The van der Waals surface area contributed by atoms with Crippen LogP contribution >= 0.6 is 0 Å². The van der Waals surface area contributed by atoms with E-state index in [1.165, 1.54) is 37.2 Å². The molecular weight excluding hydrogens is 543 g/mol. The minimum absolute atomic E-state index is 0.0430. The third-order valence-corrected chi connectivity index (χ3v) is 8.19. The Kier molecular flexibility index (Phi) is 10.3. The van der Waals surface area contributed by atoms with Gasteiger partial charge in [0.1, 0.15) is 18.4 Å². The van der Waals surface area contributed by atoms with Crippen LogP contribution in [0.1, 0.15) is 37.5 Å². The third kappa shape index (κ3) is 8.61. The highest BCUT2D eigenvalue weighted by Crippen LogP contribution is 2.24. The van der Waals surface area contributed by atoms with Crippen molar-refractivity contribution in [3.05, 3.63) is 101 Å². The van der Waals surface area contributed by atoms with Crippen molar-refractivity contribution in [1.29, 1.82) is 0 Å².